The first-order valence-corrected chi connectivity index (χ1v) is 5.31. The quantitative estimate of drug-likeness (QED) is 0.780. The molecule has 15 heavy (non-hydrogen) atoms. The Morgan fingerprint density at radius 1 is 1.53 bits per heavy atom. The topological polar surface area (TPSA) is 41.5 Å². The van der Waals surface area contributed by atoms with Crippen LogP contribution in [0.5, 0.6) is 5.75 Å². The van der Waals surface area contributed by atoms with Gasteiger partial charge in [0.05, 0.1) is 0 Å². The molecule has 1 saturated heterocycles. The zero-order valence-corrected chi connectivity index (χ0v) is 8.99. The van der Waals surface area contributed by atoms with Gasteiger partial charge in [-0.05, 0) is 37.6 Å². The lowest BCUT2D eigenvalue weighted by molar-refractivity contribution is 0.0130. The number of ether oxygens (including phenoxy) is 1. The normalized spacial score (nSPS) is 25.5. The Labute approximate surface area is 90.1 Å². The zero-order chi connectivity index (χ0) is 10.7. The van der Waals surface area contributed by atoms with Gasteiger partial charge in [-0.25, -0.2) is 0 Å². The summed E-state index contributed by atoms with van der Waals surface area (Å²) in [7, 11) is 0. The van der Waals surface area contributed by atoms with E-state index in [9.17, 15) is 5.11 Å². The van der Waals surface area contributed by atoms with Crippen molar-refractivity contribution in [2.45, 2.75) is 18.9 Å². The summed E-state index contributed by atoms with van der Waals surface area (Å²) in [6.07, 6.45) is 0.763. The van der Waals surface area contributed by atoms with E-state index in [4.69, 9.17) is 4.74 Å². The second kappa shape index (κ2) is 4.21. The maximum atomic E-state index is 10.0. The van der Waals surface area contributed by atoms with Crippen LogP contribution >= 0.6 is 0 Å². The number of β-amino-alcohol motifs (C(OH)–C–C–N with tert-alkyl or cyclic N) is 1. The molecule has 1 aromatic rings. The van der Waals surface area contributed by atoms with Crippen LogP contribution < -0.4 is 10.1 Å². The fraction of sp³-hybridized carbons (Fsp3) is 0.500. The molecule has 0 radical (unpaired) electrons. The van der Waals surface area contributed by atoms with Crippen molar-refractivity contribution in [3.63, 3.8) is 0 Å². The molecule has 1 atom stereocenters. The molecule has 0 saturated carbocycles. The maximum Gasteiger partial charge on any atom is 0.119 e. The van der Waals surface area contributed by atoms with Gasteiger partial charge in [-0.2, -0.15) is 0 Å². The molecule has 3 nitrogen and oxygen atoms in total. The third kappa shape index (κ3) is 2.70. The molecule has 0 unspecified atom stereocenters. The summed E-state index contributed by atoms with van der Waals surface area (Å²) in [6.45, 7) is 3.88. The van der Waals surface area contributed by atoms with Crippen LogP contribution in [0.3, 0.4) is 0 Å². The van der Waals surface area contributed by atoms with Gasteiger partial charge in [-0.3, -0.25) is 0 Å². The third-order valence-corrected chi connectivity index (χ3v) is 2.72. The first-order chi connectivity index (χ1) is 7.18. The highest BCUT2D eigenvalue weighted by Gasteiger charge is 2.31. The predicted molar refractivity (Wildman–Crippen MR) is 59.1 cm³/mol. The van der Waals surface area contributed by atoms with Crippen LogP contribution in [0.4, 0.5) is 0 Å². The summed E-state index contributed by atoms with van der Waals surface area (Å²) in [6, 6.07) is 7.88. The number of nitrogens with one attached hydrogen (secondary N) is 1. The van der Waals surface area contributed by atoms with E-state index in [0.29, 0.717) is 13.2 Å². The average Bonchev–Trinajstić information content (AvgIpc) is 2.63. The Morgan fingerprint density at radius 2 is 2.40 bits per heavy atom. The Bertz CT molecular complexity index is 332. The van der Waals surface area contributed by atoms with Crippen molar-refractivity contribution in [1.82, 2.24) is 5.32 Å². The summed E-state index contributed by atoms with van der Waals surface area (Å²) < 4.78 is 5.58. The van der Waals surface area contributed by atoms with E-state index in [2.05, 4.69) is 5.32 Å². The van der Waals surface area contributed by atoms with Gasteiger partial charge in [0.15, 0.2) is 0 Å². The van der Waals surface area contributed by atoms with Crippen molar-refractivity contribution < 1.29 is 9.84 Å². The van der Waals surface area contributed by atoms with Crippen LogP contribution in [0, 0.1) is 6.92 Å². The number of aliphatic hydroxyl groups is 1. The minimum atomic E-state index is -0.691. The van der Waals surface area contributed by atoms with Crippen LogP contribution in [0.25, 0.3) is 0 Å². The van der Waals surface area contributed by atoms with Gasteiger partial charge in [-0.1, -0.05) is 12.1 Å². The van der Waals surface area contributed by atoms with E-state index in [1.54, 1.807) is 0 Å². The number of rotatable bonds is 3. The van der Waals surface area contributed by atoms with E-state index in [0.717, 1.165) is 18.7 Å². The number of aryl methyl sites for hydroxylation is 1. The van der Waals surface area contributed by atoms with Crippen molar-refractivity contribution in [1.29, 1.82) is 0 Å². The van der Waals surface area contributed by atoms with Gasteiger partial charge in [0.2, 0.25) is 0 Å². The molecule has 0 aromatic heterocycles. The smallest absolute Gasteiger partial charge is 0.119 e. The van der Waals surface area contributed by atoms with Crippen molar-refractivity contribution in [2.75, 3.05) is 19.7 Å². The molecule has 0 amide bonds. The molecule has 0 bridgehead atoms. The number of hydrogen-bond donors (Lipinski definition) is 2. The SMILES string of the molecule is Cc1cccc(OC[C@]2(O)CCNC2)c1. The summed E-state index contributed by atoms with van der Waals surface area (Å²) >= 11 is 0. The Kier molecular flexibility index (Phi) is 2.93. The first-order valence-electron chi connectivity index (χ1n) is 5.31. The van der Waals surface area contributed by atoms with Crippen LogP contribution in [0.1, 0.15) is 12.0 Å². The maximum absolute atomic E-state index is 10.0. The van der Waals surface area contributed by atoms with Crippen molar-refractivity contribution >= 4 is 0 Å². The highest BCUT2D eigenvalue weighted by molar-refractivity contribution is 5.27. The van der Waals surface area contributed by atoms with Gasteiger partial charge in [0.25, 0.3) is 0 Å². The highest BCUT2D eigenvalue weighted by atomic mass is 16.5. The first kappa shape index (κ1) is 10.5. The molecule has 1 aliphatic rings. The minimum absolute atomic E-state index is 0.365. The second-order valence-corrected chi connectivity index (χ2v) is 4.26. The molecule has 1 aromatic carbocycles. The van der Waals surface area contributed by atoms with Gasteiger partial charge < -0.3 is 15.2 Å². The van der Waals surface area contributed by atoms with Gasteiger partial charge in [0.1, 0.15) is 18.0 Å². The summed E-state index contributed by atoms with van der Waals surface area (Å²) in [5.74, 6) is 0.829. The molecule has 82 valence electrons. The van der Waals surface area contributed by atoms with Gasteiger partial charge in [0, 0.05) is 6.54 Å². The van der Waals surface area contributed by atoms with Crippen LogP contribution in [0.15, 0.2) is 24.3 Å². The van der Waals surface area contributed by atoms with E-state index in [1.165, 1.54) is 5.56 Å². The molecular weight excluding hydrogens is 190 g/mol. The summed E-state index contributed by atoms with van der Waals surface area (Å²) in [5.41, 5.74) is 0.480. The molecule has 1 fully saturated rings. The fourth-order valence-corrected chi connectivity index (χ4v) is 1.78. The fourth-order valence-electron chi connectivity index (χ4n) is 1.78. The summed E-state index contributed by atoms with van der Waals surface area (Å²) in [5, 5.41) is 13.2. The van der Waals surface area contributed by atoms with E-state index >= 15 is 0 Å². The average molecular weight is 207 g/mol. The van der Waals surface area contributed by atoms with E-state index in [1.807, 2.05) is 31.2 Å². The molecule has 0 aliphatic carbocycles. The lowest BCUT2D eigenvalue weighted by Gasteiger charge is -2.21. The van der Waals surface area contributed by atoms with Crippen LogP contribution in [-0.4, -0.2) is 30.4 Å². The van der Waals surface area contributed by atoms with E-state index < -0.39 is 5.60 Å². The largest absolute Gasteiger partial charge is 0.491 e. The zero-order valence-electron chi connectivity index (χ0n) is 8.99. The molecule has 2 rings (SSSR count). The van der Waals surface area contributed by atoms with Crippen molar-refractivity contribution in [2.24, 2.45) is 0 Å². The number of hydrogen-bond acceptors (Lipinski definition) is 3. The van der Waals surface area contributed by atoms with Crippen LogP contribution in [0.2, 0.25) is 0 Å². The van der Waals surface area contributed by atoms with Crippen molar-refractivity contribution in [3.8, 4) is 5.75 Å². The molecule has 1 heterocycles. The Balaban J connectivity index is 1.92. The lowest BCUT2D eigenvalue weighted by Crippen LogP contribution is -2.38. The molecule has 0 spiro atoms. The Hall–Kier alpha value is -1.06. The second-order valence-electron chi connectivity index (χ2n) is 4.26. The highest BCUT2D eigenvalue weighted by Crippen LogP contribution is 2.18. The van der Waals surface area contributed by atoms with Gasteiger partial charge >= 0.3 is 0 Å². The predicted octanol–water partition coefficient (Wildman–Crippen LogP) is 1.10. The number of benzene rings is 1. The minimum Gasteiger partial charge on any atom is -0.491 e. The monoisotopic (exact) mass is 207 g/mol. The molecule has 3 heteroatoms. The summed E-state index contributed by atoms with van der Waals surface area (Å²) in [4.78, 5) is 0. The van der Waals surface area contributed by atoms with E-state index in [-0.39, 0.29) is 0 Å². The lowest BCUT2D eigenvalue weighted by atomic mass is 10.1. The third-order valence-electron chi connectivity index (χ3n) is 2.72. The van der Waals surface area contributed by atoms with Gasteiger partial charge in [-0.15, -0.1) is 0 Å². The molecule has 1 aliphatic heterocycles. The standard InChI is InChI=1S/C12H17NO2/c1-10-3-2-4-11(7-10)15-9-12(14)5-6-13-8-12/h2-4,7,13-14H,5-6,8-9H2,1H3/t12-/m0/s1. The van der Waals surface area contributed by atoms with Crippen LogP contribution in [-0.2, 0) is 0 Å². The Morgan fingerprint density at radius 3 is 3.07 bits per heavy atom. The molecule has 2 N–H and O–H groups in total. The van der Waals surface area contributed by atoms with Crippen molar-refractivity contribution in [3.05, 3.63) is 29.8 Å². The molecular formula is C12H17NO2.